The van der Waals surface area contributed by atoms with Crippen molar-refractivity contribution in [2.24, 2.45) is 0 Å². The molecule has 0 spiro atoms. The van der Waals surface area contributed by atoms with Gasteiger partial charge in [0, 0.05) is 5.38 Å². The third-order valence-corrected chi connectivity index (χ3v) is 3.63. The second-order valence-corrected chi connectivity index (χ2v) is 5.08. The lowest BCUT2D eigenvalue weighted by Gasteiger charge is -2.29. The van der Waals surface area contributed by atoms with Crippen LogP contribution in [0.15, 0.2) is 29.1 Å². The van der Waals surface area contributed by atoms with Crippen LogP contribution in [0.1, 0.15) is 16.1 Å². The SMILES string of the molecule is O=C(c1cscn1)N1CCOc2ccc(C(F)(F)F)cc21. The molecule has 1 amide bonds. The summed E-state index contributed by atoms with van der Waals surface area (Å²) in [6, 6.07) is 3.10. The first-order chi connectivity index (χ1) is 9.97. The lowest BCUT2D eigenvalue weighted by Crippen LogP contribution is -2.38. The van der Waals surface area contributed by atoms with Gasteiger partial charge in [-0.05, 0) is 18.2 Å². The minimum atomic E-state index is -4.47. The summed E-state index contributed by atoms with van der Waals surface area (Å²) in [6.45, 7) is 0.416. The first kappa shape index (κ1) is 13.9. The van der Waals surface area contributed by atoms with Crippen molar-refractivity contribution in [2.45, 2.75) is 6.18 Å². The van der Waals surface area contributed by atoms with Gasteiger partial charge in [-0.3, -0.25) is 4.79 Å². The number of anilines is 1. The van der Waals surface area contributed by atoms with Crippen LogP contribution in [0.4, 0.5) is 18.9 Å². The van der Waals surface area contributed by atoms with Crippen LogP contribution in [0, 0.1) is 0 Å². The second kappa shape index (κ2) is 5.03. The normalized spacial score (nSPS) is 14.5. The molecule has 4 nitrogen and oxygen atoms in total. The number of carbonyl (C=O) groups excluding carboxylic acids is 1. The highest BCUT2D eigenvalue weighted by molar-refractivity contribution is 7.07. The van der Waals surface area contributed by atoms with E-state index in [1.165, 1.54) is 27.8 Å². The zero-order valence-electron chi connectivity index (χ0n) is 10.6. The van der Waals surface area contributed by atoms with Gasteiger partial charge in [-0.2, -0.15) is 13.2 Å². The number of hydrogen-bond acceptors (Lipinski definition) is 4. The molecule has 0 aliphatic carbocycles. The number of benzene rings is 1. The Bertz CT molecular complexity index is 671. The molecule has 0 radical (unpaired) electrons. The average Bonchev–Trinajstić information content (AvgIpc) is 2.98. The molecule has 0 N–H and O–H groups in total. The van der Waals surface area contributed by atoms with Gasteiger partial charge in [-0.1, -0.05) is 0 Å². The predicted molar refractivity (Wildman–Crippen MR) is 70.7 cm³/mol. The number of nitrogens with zero attached hydrogens (tertiary/aromatic N) is 2. The van der Waals surface area contributed by atoms with Crippen molar-refractivity contribution in [3.05, 3.63) is 40.3 Å². The molecule has 1 aromatic heterocycles. The number of carbonyl (C=O) groups is 1. The zero-order valence-corrected chi connectivity index (χ0v) is 11.4. The Morgan fingerprint density at radius 3 is 2.86 bits per heavy atom. The number of thiazole rings is 1. The molecular formula is C13H9F3N2O2S. The standard InChI is InChI=1S/C13H9F3N2O2S/c14-13(15,16)8-1-2-11-10(5-8)18(3-4-20-11)12(19)9-6-21-7-17-9/h1-2,5-7H,3-4H2. The van der Waals surface area contributed by atoms with Crippen LogP contribution in [0.2, 0.25) is 0 Å². The summed E-state index contributed by atoms with van der Waals surface area (Å²) >= 11 is 1.25. The van der Waals surface area contributed by atoms with Crippen LogP contribution in [-0.4, -0.2) is 24.0 Å². The van der Waals surface area contributed by atoms with Crippen molar-refractivity contribution >= 4 is 22.9 Å². The summed E-state index contributed by atoms with van der Waals surface area (Å²) < 4.78 is 43.7. The summed E-state index contributed by atoms with van der Waals surface area (Å²) in [7, 11) is 0. The smallest absolute Gasteiger partial charge is 0.416 e. The molecule has 0 saturated heterocycles. The van der Waals surface area contributed by atoms with Gasteiger partial charge in [-0.25, -0.2) is 4.98 Å². The quantitative estimate of drug-likeness (QED) is 0.812. The largest absolute Gasteiger partial charge is 0.490 e. The van der Waals surface area contributed by atoms with E-state index < -0.39 is 17.6 Å². The molecule has 0 fully saturated rings. The highest BCUT2D eigenvalue weighted by atomic mass is 32.1. The monoisotopic (exact) mass is 314 g/mol. The fourth-order valence-corrected chi connectivity index (χ4v) is 2.59. The summed E-state index contributed by atoms with van der Waals surface area (Å²) in [5, 5.41) is 1.56. The predicted octanol–water partition coefficient (Wildman–Crippen LogP) is 3.20. The molecule has 8 heteroatoms. The maximum Gasteiger partial charge on any atom is 0.416 e. The highest BCUT2D eigenvalue weighted by Gasteiger charge is 2.34. The van der Waals surface area contributed by atoms with Crippen LogP contribution in [-0.2, 0) is 6.18 Å². The minimum Gasteiger partial charge on any atom is -0.490 e. The number of aromatic nitrogens is 1. The molecule has 1 aliphatic heterocycles. The fraction of sp³-hybridized carbons (Fsp3) is 0.231. The van der Waals surface area contributed by atoms with Crippen molar-refractivity contribution in [2.75, 3.05) is 18.1 Å². The van der Waals surface area contributed by atoms with Crippen LogP contribution < -0.4 is 9.64 Å². The molecule has 1 aromatic carbocycles. The number of rotatable bonds is 1. The lowest BCUT2D eigenvalue weighted by atomic mass is 10.1. The number of ether oxygens (including phenoxy) is 1. The van der Waals surface area contributed by atoms with Crippen LogP contribution in [0.25, 0.3) is 0 Å². The van der Waals surface area contributed by atoms with Crippen molar-refractivity contribution in [3.63, 3.8) is 0 Å². The molecule has 1 aliphatic rings. The van der Waals surface area contributed by atoms with E-state index in [1.54, 1.807) is 5.38 Å². The molecule has 0 saturated carbocycles. The third-order valence-electron chi connectivity index (χ3n) is 3.05. The van der Waals surface area contributed by atoms with E-state index in [2.05, 4.69) is 4.98 Å². The van der Waals surface area contributed by atoms with E-state index in [-0.39, 0.29) is 30.3 Å². The Morgan fingerprint density at radius 1 is 1.38 bits per heavy atom. The van der Waals surface area contributed by atoms with Gasteiger partial charge in [0.1, 0.15) is 18.1 Å². The maximum atomic E-state index is 12.8. The molecule has 2 heterocycles. The van der Waals surface area contributed by atoms with Crippen molar-refractivity contribution in [1.82, 2.24) is 4.98 Å². The first-order valence-corrected chi connectivity index (χ1v) is 6.95. The number of hydrogen-bond donors (Lipinski definition) is 0. The Hall–Kier alpha value is -2.09. The topological polar surface area (TPSA) is 42.4 Å². The average molecular weight is 314 g/mol. The number of halogens is 3. The fourth-order valence-electron chi connectivity index (χ4n) is 2.06. The Labute approximate surface area is 121 Å². The lowest BCUT2D eigenvalue weighted by molar-refractivity contribution is -0.137. The van der Waals surface area contributed by atoms with Crippen molar-refractivity contribution in [3.8, 4) is 5.75 Å². The van der Waals surface area contributed by atoms with Crippen molar-refractivity contribution in [1.29, 1.82) is 0 Å². The van der Waals surface area contributed by atoms with Crippen molar-refractivity contribution < 1.29 is 22.7 Å². The number of amides is 1. The summed E-state index contributed by atoms with van der Waals surface area (Å²) in [4.78, 5) is 17.5. The van der Waals surface area contributed by atoms with Gasteiger partial charge in [0.25, 0.3) is 5.91 Å². The Morgan fingerprint density at radius 2 is 2.19 bits per heavy atom. The summed E-state index contributed by atoms with van der Waals surface area (Å²) in [5.74, 6) is -0.169. The van der Waals surface area contributed by atoms with Crippen LogP contribution in [0.5, 0.6) is 5.75 Å². The van der Waals surface area contributed by atoms with E-state index in [9.17, 15) is 18.0 Å². The van der Waals surface area contributed by atoms with Gasteiger partial charge in [0.2, 0.25) is 0 Å². The summed E-state index contributed by atoms with van der Waals surface area (Å²) in [5.41, 5.74) is 1.02. The third kappa shape index (κ3) is 2.58. The van der Waals surface area contributed by atoms with Gasteiger partial charge < -0.3 is 9.64 Å². The molecule has 3 rings (SSSR count). The molecular weight excluding hydrogens is 305 g/mol. The van der Waals surface area contributed by atoms with E-state index in [1.807, 2.05) is 0 Å². The molecule has 0 bridgehead atoms. The molecule has 0 atom stereocenters. The number of alkyl halides is 3. The van der Waals surface area contributed by atoms with Gasteiger partial charge in [-0.15, -0.1) is 11.3 Å². The zero-order chi connectivity index (χ0) is 15.0. The first-order valence-electron chi connectivity index (χ1n) is 6.01. The Kier molecular flexibility index (Phi) is 3.32. The van der Waals surface area contributed by atoms with Crippen LogP contribution >= 0.6 is 11.3 Å². The number of fused-ring (bicyclic) bond motifs is 1. The minimum absolute atomic E-state index is 0.120. The van der Waals surface area contributed by atoms with Gasteiger partial charge in [0.05, 0.1) is 23.3 Å². The molecule has 110 valence electrons. The Balaban J connectivity index is 2.02. The molecule has 21 heavy (non-hydrogen) atoms. The van der Waals surface area contributed by atoms with E-state index >= 15 is 0 Å². The summed E-state index contributed by atoms with van der Waals surface area (Å²) in [6.07, 6.45) is -4.47. The second-order valence-electron chi connectivity index (χ2n) is 4.36. The van der Waals surface area contributed by atoms with Gasteiger partial charge >= 0.3 is 6.18 Å². The molecule has 2 aromatic rings. The van der Waals surface area contributed by atoms with E-state index in [0.29, 0.717) is 0 Å². The van der Waals surface area contributed by atoms with Crippen LogP contribution in [0.3, 0.4) is 0 Å². The van der Waals surface area contributed by atoms with E-state index in [4.69, 9.17) is 4.74 Å². The highest BCUT2D eigenvalue weighted by Crippen LogP contribution is 2.38. The molecule has 0 unspecified atom stereocenters. The van der Waals surface area contributed by atoms with Gasteiger partial charge in [0.15, 0.2) is 0 Å². The van der Waals surface area contributed by atoms with E-state index in [0.717, 1.165) is 12.1 Å². The maximum absolute atomic E-state index is 12.8.